The van der Waals surface area contributed by atoms with Crippen LogP contribution >= 0.6 is 11.6 Å². The van der Waals surface area contributed by atoms with Crippen molar-refractivity contribution in [3.05, 3.63) is 67.2 Å². The van der Waals surface area contributed by atoms with Crippen molar-refractivity contribution in [1.29, 1.82) is 0 Å². The maximum Gasteiger partial charge on any atom is 0.329 e. The zero-order chi connectivity index (χ0) is 15.4. The highest BCUT2D eigenvalue weighted by atomic mass is 35.5. The summed E-state index contributed by atoms with van der Waals surface area (Å²) < 4.78 is 14.2. The first kappa shape index (κ1) is 15.5. The molecule has 0 spiro atoms. The first-order valence-corrected chi connectivity index (χ1v) is 7.16. The zero-order valence-electron chi connectivity index (χ0n) is 11.7. The third-order valence-corrected chi connectivity index (χ3v) is 3.57. The lowest BCUT2D eigenvalue weighted by molar-refractivity contribution is 0.605. The second kappa shape index (κ2) is 6.72. The molecule has 0 aliphatic heterocycles. The summed E-state index contributed by atoms with van der Waals surface area (Å²) in [7, 11) is 0. The Morgan fingerprint density at radius 1 is 1.29 bits per heavy atom. The molecule has 0 amide bonds. The van der Waals surface area contributed by atoms with E-state index in [2.05, 4.69) is 4.98 Å². The van der Waals surface area contributed by atoms with Gasteiger partial charge in [0.25, 0.3) is 5.56 Å². The van der Waals surface area contributed by atoms with Crippen molar-refractivity contribution in [2.75, 3.05) is 0 Å². The Bertz CT molecular complexity index is 752. The van der Waals surface area contributed by atoms with Gasteiger partial charge >= 0.3 is 5.69 Å². The van der Waals surface area contributed by atoms with Crippen LogP contribution in [0, 0.1) is 5.82 Å². The van der Waals surface area contributed by atoms with Crippen molar-refractivity contribution in [1.82, 2.24) is 9.55 Å². The van der Waals surface area contributed by atoms with Crippen molar-refractivity contribution >= 4 is 11.6 Å². The van der Waals surface area contributed by atoms with Gasteiger partial charge in [-0.15, -0.1) is 0 Å². The highest BCUT2D eigenvalue weighted by molar-refractivity contribution is 6.30. The Balaban J connectivity index is 2.30. The summed E-state index contributed by atoms with van der Waals surface area (Å²) in [4.78, 5) is 26.6. The van der Waals surface area contributed by atoms with E-state index < -0.39 is 5.69 Å². The summed E-state index contributed by atoms with van der Waals surface area (Å²) >= 11 is 5.91. The molecule has 0 saturated heterocycles. The van der Waals surface area contributed by atoms with Crippen molar-refractivity contribution in [3.63, 3.8) is 0 Å². The Labute approximate surface area is 126 Å². The highest BCUT2D eigenvalue weighted by Crippen LogP contribution is 2.09. The van der Waals surface area contributed by atoms with Gasteiger partial charge in [0, 0.05) is 6.54 Å². The molecular weight excluding hydrogens is 295 g/mol. The lowest BCUT2D eigenvalue weighted by atomic mass is 10.1. The lowest BCUT2D eigenvalue weighted by Crippen LogP contribution is -2.38. The van der Waals surface area contributed by atoms with Crippen LogP contribution in [0.25, 0.3) is 0 Å². The number of hydrogen-bond acceptors (Lipinski definition) is 2. The van der Waals surface area contributed by atoms with E-state index in [1.807, 2.05) is 6.92 Å². The molecule has 0 radical (unpaired) electrons. The van der Waals surface area contributed by atoms with Crippen molar-refractivity contribution in [3.8, 4) is 0 Å². The first-order chi connectivity index (χ1) is 10.0. The summed E-state index contributed by atoms with van der Waals surface area (Å²) in [6.45, 7) is 2.11. The number of halogens is 2. The van der Waals surface area contributed by atoms with Gasteiger partial charge in [-0.2, -0.15) is 0 Å². The van der Waals surface area contributed by atoms with Crippen LogP contribution in [0.1, 0.15) is 24.5 Å². The summed E-state index contributed by atoms with van der Waals surface area (Å²) in [5.41, 5.74) is 0.231. The van der Waals surface area contributed by atoms with Gasteiger partial charge in [-0.25, -0.2) is 9.18 Å². The largest absolute Gasteiger partial charge is 0.329 e. The standard InChI is InChI=1S/C15H16ClFN2O2/c1-2-4-12-13(16)18-15(21)19(14(12)20)8-7-10-5-3-6-11(17)9-10/h3,5-6,9H,2,4,7-8H2,1H3,(H,18,21). The minimum absolute atomic E-state index is 0.105. The number of nitrogens with zero attached hydrogens (tertiary/aromatic N) is 1. The predicted octanol–water partition coefficient (Wildman–Crippen LogP) is 2.52. The number of rotatable bonds is 5. The molecule has 6 heteroatoms. The number of hydrogen-bond donors (Lipinski definition) is 1. The van der Waals surface area contributed by atoms with Crippen molar-refractivity contribution in [2.45, 2.75) is 32.7 Å². The van der Waals surface area contributed by atoms with E-state index >= 15 is 0 Å². The fourth-order valence-electron chi connectivity index (χ4n) is 2.19. The number of benzene rings is 1. The third kappa shape index (κ3) is 3.61. The normalized spacial score (nSPS) is 10.8. The van der Waals surface area contributed by atoms with Crippen molar-refractivity contribution in [2.24, 2.45) is 0 Å². The molecule has 0 aliphatic carbocycles. The molecule has 0 bridgehead atoms. The van der Waals surface area contributed by atoms with Gasteiger partial charge in [-0.05, 0) is 30.5 Å². The SMILES string of the molecule is CCCc1c(Cl)[nH]c(=O)n(CCc2cccc(F)c2)c1=O. The van der Waals surface area contributed by atoms with Crippen LogP contribution in [-0.2, 0) is 19.4 Å². The number of H-pyrrole nitrogens is 1. The molecule has 1 aromatic heterocycles. The summed E-state index contributed by atoms with van der Waals surface area (Å²) in [5.74, 6) is -0.337. The molecule has 0 saturated carbocycles. The Kier molecular flexibility index (Phi) is 4.96. The minimum Gasteiger partial charge on any atom is -0.297 e. The van der Waals surface area contributed by atoms with Gasteiger partial charge in [0.15, 0.2) is 0 Å². The highest BCUT2D eigenvalue weighted by Gasteiger charge is 2.12. The molecule has 0 aliphatic rings. The van der Waals surface area contributed by atoms with E-state index in [0.717, 1.165) is 16.6 Å². The van der Waals surface area contributed by atoms with Gasteiger partial charge in [-0.3, -0.25) is 14.3 Å². The van der Waals surface area contributed by atoms with Gasteiger partial charge in [0.05, 0.1) is 5.56 Å². The summed E-state index contributed by atoms with van der Waals surface area (Å²) in [6.07, 6.45) is 1.66. The zero-order valence-corrected chi connectivity index (χ0v) is 12.4. The molecular formula is C15H16ClFN2O2. The van der Waals surface area contributed by atoms with Gasteiger partial charge < -0.3 is 0 Å². The van der Waals surface area contributed by atoms with E-state index in [1.165, 1.54) is 12.1 Å². The molecule has 4 nitrogen and oxygen atoms in total. The summed E-state index contributed by atoms with van der Waals surface area (Å²) in [5, 5.41) is 0.105. The Hall–Kier alpha value is -1.88. The maximum atomic E-state index is 13.1. The van der Waals surface area contributed by atoms with Gasteiger partial charge in [0.2, 0.25) is 0 Å². The van der Waals surface area contributed by atoms with Crippen LogP contribution in [0.3, 0.4) is 0 Å². The van der Waals surface area contributed by atoms with Crippen LogP contribution < -0.4 is 11.2 Å². The first-order valence-electron chi connectivity index (χ1n) is 6.79. The topological polar surface area (TPSA) is 54.9 Å². The van der Waals surface area contributed by atoms with E-state index in [1.54, 1.807) is 12.1 Å². The molecule has 0 atom stereocenters. The fourth-order valence-corrected chi connectivity index (χ4v) is 2.45. The maximum absolute atomic E-state index is 13.1. The van der Waals surface area contributed by atoms with E-state index in [-0.39, 0.29) is 23.1 Å². The van der Waals surface area contributed by atoms with Crippen LogP contribution in [0.2, 0.25) is 5.15 Å². The molecule has 1 N–H and O–H groups in total. The molecule has 2 aromatic rings. The number of aryl methyl sites for hydroxylation is 1. The van der Waals surface area contributed by atoms with E-state index in [4.69, 9.17) is 11.6 Å². The second-order valence-electron chi connectivity index (χ2n) is 4.81. The van der Waals surface area contributed by atoms with Gasteiger partial charge in [0.1, 0.15) is 11.0 Å². The number of aromatic nitrogens is 2. The monoisotopic (exact) mass is 310 g/mol. The third-order valence-electron chi connectivity index (χ3n) is 3.24. The van der Waals surface area contributed by atoms with Crippen LogP contribution in [0.5, 0.6) is 0 Å². The quantitative estimate of drug-likeness (QED) is 0.863. The van der Waals surface area contributed by atoms with Crippen LogP contribution in [0.15, 0.2) is 33.9 Å². The second-order valence-corrected chi connectivity index (χ2v) is 5.19. The van der Waals surface area contributed by atoms with Crippen molar-refractivity contribution < 1.29 is 4.39 Å². The fraction of sp³-hybridized carbons (Fsp3) is 0.333. The minimum atomic E-state index is -0.541. The molecule has 1 aromatic carbocycles. The average Bonchev–Trinajstić information content (AvgIpc) is 2.43. The van der Waals surface area contributed by atoms with E-state index in [9.17, 15) is 14.0 Å². The number of aromatic amines is 1. The molecule has 0 fully saturated rings. The average molecular weight is 311 g/mol. The van der Waals surface area contributed by atoms with Crippen LogP contribution in [0.4, 0.5) is 4.39 Å². The molecule has 1 heterocycles. The lowest BCUT2D eigenvalue weighted by Gasteiger charge is -2.08. The molecule has 0 unspecified atom stereocenters. The molecule has 21 heavy (non-hydrogen) atoms. The van der Waals surface area contributed by atoms with Crippen LogP contribution in [-0.4, -0.2) is 9.55 Å². The van der Waals surface area contributed by atoms with E-state index in [0.29, 0.717) is 18.4 Å². The summed E-state index contributed by atoms with van der Waals surface area (Å²) in [6, 6.07) is 6.10. The molecule has 112 valence electrons. The Morgan fingerprint density at radius 2 is 2.05 bits per heavy atom. The molecule has 2 rings (SSSR count). The van der Waals surface area contributed by atoms with Gasteiger partial charge in [-0.1, -0.05) is 37.1 Å². The smallest absolute Gasteiger partial charge is 0.297 e. The Morgan fingerprint density at radius 3 is 2.71 bits per heavy atom. The number of nitrogens with one attached hydrogen (secondary N) is 1. The predicted molar refractivity (Wildman–Crippen MR) is 80.4 cm³/mol.